The van der Waals surface area contributed by atoms with Crippen molar-refractivity contribution < 1.29 is 0 Å². The molecule has 0 radical (unpaired) electrons. The molecule has 116 valence electrons. The average molecular weight is 315 g/mol. The van der Waals surface area contributed by atoms with E-state index < -0.39 is 0 Å². The Morgan fingerprint density at radius 2 is 1.83 bits per heavy atom. The monoisotopic (exact) mass is 315 g/mol. The Bertz CT molecular complexity index is 1040. The highest BCUT2D eigenvalue weighted by Gasteiger charge is 2.18. The topological polar surface area (TPSA) is 106 Å². The van der Waals surface area contributed by atoms with Crippen LogP contribution in [0.25, 0.3) is 28.2 Å². The molecule has 24 heavy (non-hydrogen) atoms. The Morgan fingerprint density at radius 1 is 0.958 bits per heavy atom. The molecular formula is C17H13N7. The molecule has 0 spiro atoms. The van der Waals surface area contributed by atoms with Gasteiger partial charge in [-0.3, -0.25) is 10.4 Å². The van der Waals surface area contributed by atoms with Gasteiger partial charge in [-0.1, -0.05) is 12.1 Å². The van der Waals surface area contributed by atoms with Crippen LogP contribution < -0.4 is 5.73 Å². The van der Waals surface area contributed by atoms with Gasteiger partial charge in [0.15, 0.2) is 11.7 Å². The van der Waals surface area contributed by atoms with Crippen LogP contribution in [-0.4, -0.2) is 30.4 Å². The molecule has 0 aliphatic heterocycles. The number of fused-ring (bicyclic) bond motifs is 1. The van der Waals surface area contributed by atoms with E-state index in [0.717, 1.165) is 22.5 Å². The second-order valence-corrected chi connectivity index (χ2v) is 5.15. The van der Waals surface area contributed by atoms with Gasteiger partial charge in [0.25, 0.3) is 0 Å². The van der Waals surface area contributed by atoms with E-state index in [2.05, 4.69) is 20.1 Å². The van der Waals surface area contributed by atoms with E-state index in [1.807, 2.05) is 42.6 Å². The Labute approximate surface area is 137 Å². The molecule has 0 atom stereocenters. The predicted octanol–water partition coefficient (Wildman–Crippen LogP) is 2.14. The number of pyridine rings is 2. The lowest BCUT2D eigenvalue weighted by Crippen LogP contribution is -2.15. The normalized spacial score (nSPS) is 10.8. The number of hydrogen-bond acceptors (Lipinski definition) is 5. The first-order valence-corrected chi connectivity index (χ1v) is 7.30. The minimum atomic E-state index is -0.173. The van der Waals surface area contributed by atoms with Crippen LogP contribution in [0.2, 0.25) is 0 Å². The van der Waals surface area contributed by atoms with Gasteiger partial charge < -0.3 is 5.73 Å². The summed E-state index contributed by atoms with van der Waals surface area (Å²) < 4.78 is 1.79. The third-order valence-electron chi connectivity index (χ3n) is 3.60. The highest BCUT2D eigenvalue weighted by atomic mass is 15.2. The standard InChI is InChI=1S/C17H13N7/c18-16(19)17-21-9-7-11(22-17)14-13-6-2-4-10-24(13)23-15(14)12-5-1-3-8-20-12/h1-10H,(H3,18,19). The van der Waals surface area contributed by atoms with Gasteiger partial charge in [0.1, 0.15) is 5.69 Å². The Kier molecular flexibility index (Phi) is 3.24. The molecule has 3 N–H and O–H groups in total. The molecule has 0 aromatic carbocycles. The van der Waals surface area contributed by atoms with Crippen LogP contribution in [0.15, 0.2) is 61.1 Å². The van der Waals surface area contributed by atoms with Gasteiger partial charge in [0.05, 0.1) is 22.5 Å². The highest BCUT2D eigenvalue weighted by molar-refractivity contribution is 5.93. The molecular weight excluding hydrogens is 302 g/mol. The second kappa shape index (κ2) is 5.54. The van der Waals surface area contributed by atoms with Crippen molar-refractivity contribution in [2.24, 2.45) is 5.73 Å². The van der Waals surface area contributed by atoms with Crippen LogP contribution in [-0.2, 0) is 0 Å². The quantitative estimate of drug-likeness (QED) is 0.445. The van der Waals surface area contributed by atoms with Crippen LogP contribution in [0.1, 0.15) is 5.82 Å². The van der Waals surface area contributed by atoms with Gasteiger partial charge in [-0.15, -0.1) is 0 Å². The van der Waals surface area contributed by atoms with Crippen molar-refractivity contribution in [3.63, 3.8) is 0 Å². The summed E-state index contributed by atoms with van der Waals surface area (Å²) in [6.45, 7) is 0. The molecule has 0 unspecified atom stereocenters. The summed E-state index contributed by atoms with van der Waals surface area (Å²) in [5.41, 5.74) is 9.37. The van der Waals surface area contributed by atoms with Crippen molar-refractivity contribution in [1.82, 2.24) is 24.6 Å². The molecule has 0 fully saturated rings. The van der Waals surface area contributed by atoms with Crippen molar-refractivity contribution >= 4 is 11.4 Å². The summed E-state index contributed by atoms with van der Waals surface area (Å²) >= 11 is 0. The highest BCUT2D eigenvalue weighted by Crippen LogP contribution is 2.32. The molecule has 4 heterocycles. The van der Waals surface area contributed by atoms with E-state index >= 15 is 0 Å². The zero-order chi connectivity index (χ0) is 16.5. The molecule has 7 nitrogen and oxygen atoms in total. The Balaban J connectivity index is 2.03. The number of amidine groups is 1. The van der Waals surface area contributed by atoms with Crippen LogP contribution in [0.5, 0.6) is 0 Å². The number of aromatic nitrogens is 5. The summed E-state index contributed by atoms with van der Waals surface area (Å²) in [5, 5.41) is 12.2. The molecule has 0 bridgehead atoms. The fraction of sp³-hybridized carbons (Fsp3) is 0. The van der Waals surface area contributed by atoms with E-state index in [0.29, 0.717) is 5.69 Å². The van der Waals surface area contributed by atoms with Crippen molar-refractivity contribution in [3.05, 3.63) is 66.9 Å². The van der Waals surface area contributed by atoms with Gasteiger partial charge >= 0.3 is 0 Å². The van der Waals surface area contributed by atoms with E-state index in [1.54, 1.807) is 23.0 Å². The number of nitrogens with two attached hydrogens (primary N) is 1. The number of hydrogen-bond donors (Lipinski definition) is 2. The fourth-order valence-corrected chi connectivity index (χ4v) is 2.56. The number of nitrogens with one attached hydrogen (secondary N) is 1. The fourth-order valence-electron chi connectivity index (χ4n) is 2.56. The largest absolute Gasteiger partial charge is 0.381 e. The van der Waals surface area contributed by atoms with E-state index in [-0.39, 0.29) is 11.7 Å². The first kappa shape index (κ1) is 14.0. The van der Waals surface area contributed by atoms with Crippen LogP contribution in [0.4, 0.5) is 0 Å². The van der Waals surface area contributed by atoms with Gasteiger partial charge in [-0.25, -0.2) is 14.5 Å². The number of nitrogens with zero attached hydrogens (tertiary/aromatic N) is 5. The number of rotatable bonds is 3. The van der Waals surface area contributed by atoms with Crippen molar-refractivity contribution in [2.45, 2.75) is 0 Å². The summed E-state index contributed by atoms with van der Waals surface area (Å²) in [5.74, 6) is 0.0162. The lowest BCUT2D eigenvalue weighted by Gasteiger charge is -2.04. The zero-order valence-corrected chi connectivity index (χ0v) is 12.6. The third kappa shape index (κ3) is 2.28. The van der Waals surface area contributed by atoms with Crippen LogP contribution in [0, 0.1) is 5.41 Å². The molecule has 0 aliphatic carbocycles. The molecule has 4 aromatic heterocycles. The minimum absolute atomic E-state index is 0.173. The SMILES string of the molecule is N=C(N)c1nccc(-c2c(-c3ccccn3)nn3ccccc23)n1. The molecule has 0 saturated heterocycles. The zero-order valence-electron chi connectivity index (χ0n) is 12.6. The molecule has 4 aromatic rings. The van der Waals surface area contributed by atoms with Gasteiger partial charge in [0.2, 0.25) is 0 Å². The van der Waals surface area contributed by atoms with Crippen molar-refractivity contribution in [1.29, 1.82) is 5.41 Å². The second-order valence-electron chi connectivity index (χ2n) is 5.15. The lowest BCUT2D eigenvalue weighted by atomic mass is 10.1. The van der Waals surface area contributed by atoms with E-state index in [9.17, 15) is 0 Å². The van der Waals surface area contributed by atoms with Crippen molar-refractivity contribution in [3.8, 4) is 22.6 Å². The molecule has 4 rings (SSSR count). The maximum atomic E-state index is 7.56. The Hall–Kier alpha value is -3.61. The van der Waals surface area contributed by atoms with Gasteiger partial charge in [-0.2, -0.15) is 5.10 Å². The minimum Gasteiger partial charge on any atom is -0.381 e. The average Bonchev–Trinajstić information content (AvgIpc) is 3.02. The van der Waals surface area contributed by atoms with Gasteiger partial charge in [0, 0.05) is 18.6 Å². The first-order chi connectivity index (χ1) is 11.7. The predicted molar refractivity (Wildman–Crippen MR) is 90.5 cm³/mol. The first-order valence-electron chi connectivity index (χ1n) is 7.30. The summed E-state index contributed by atoms with van der Waals surface area (Å²) in [6, 6.07) is 13.3. The maximum Gasteiger partial charge on any atom is 0.195 e. The third-order valence-corrected chi connectivity index (χ3v) is 3.60. The maximum absolute atomic E-state index is 7.56. The molecule has 0 saturated carbocycles. The van der Waals surface area contributed by atoms with Crippen molar-refractivity contribution in [2.75, 3.05) is 0 Å². The molecule has 7 heteroatoms. The lowest BCUT2D eigenvalue weighted by molar-refractivity contribution is 0.962. The summed E-state index contributed by atoms with van der Waals surface area (Å²) in [7, 11) is 0. The summed E-state index contributed by atoms with van der Waals surface area (Å²) in [6.07, 6.45) is 5.19. The smallest absolute Gasteiger partial charge is 0.195 e. The summed E-state index contributed by atoms with van der Waals surface area (Å²) in [4.78, 5) is 12.8. The Morgan fingerprint density at radius 3 is 2.62 bits per heavy atom. The molecule has 0 amide bonds. The van der Waals surface area contributed by atoms with E-state index in [1.165, 1.54) is 0 Å². The molecule has 0 aliphatic rings. The number of nitrogen functional groups attached to an aromatic ring is 1. The van der Waals surface area contributed by atoms with E-state index in [4.69, 9.17) is 11.1 Å². The van der Waals surface area contributed by atoms with Crippen LogP contribution in [0.3, 0.4) is 0 Å². The van der Waals surface area contributed by atoms with Gasteiger partial charge in [-0.05, 0) is 30.3 Å². The van der Waals surface area contributed by atoms with Crippen LogP contribution >= 0.6 is 0 Å².